The number of ketones is 1. The van der Waals surface area contributed by atoms with Gasteiger partial charge in [-0.25, -0.2) is 4.39 Å². The van der Waals surface area contributed by atoms with Gasteiger partial charge in [-0.1, -0.05) is 28.1 Å². The van der Waals surface area contributed by atoms with Crippen molar-refractivity contribution in [3.8, 4) is 11.5 Å². The molecule has 92 valence electrons. The molecule has 0 bridgehead atoms. The Bertz CT molecular complexity index is 596. The quantitative estimate of drug-likeness (QED) is 0.776. The van der Waals surface area contributed by atoms with Gasteiger partial charge >= 0.3 is 0 Å². The summed E-state index contributed by atoms with van der Waals surface area (Å²) in [6.45, 7) is 1.47. The summed E-state index contributed by atoms with van der Waals surface area (Å²) in [6, 6.07) is 11.2. The van der Waals surface area contributed by atoms with E-state index in [2.05, 4.69) is 15.9 Å². The second-order valence-electron chi connectivity index (χ2n) is 3.76. The van der Waals surface area contributed by atoms with Gasteiger partial charge in [-0.2, -0.15) is 0 Å². The molecule has 0 heterocycles. The Balaban J connectivity index is 2.28. The van der Waals surface area contributed by atoms with Crippen LogP contribution in [0.2, 0.25) is 0 Å². The summed E-state index contributed by atoms with van der Waals surface area (Å²) in [4.78, 5) is 11.2. The fourth-order valence-corrected chi connectivity index (χ4v) is 1.80. The molecule has 18 heavy (non-hydrogen) atoms. The standard InChI is InChI=1S/C14H10BrFO2/c1-9(17)10-3-2-4-12(7-10)18-14-6-5-11(15)8-13(14)16/h2-8H,1H3. The summed E-state index contributed by atoms with van der Waals surface area (Å²) < 4.78 is 19.6. The number of benzene rings is 2. The lowest BCUT2D eigenvalue weighted by atomic mass is 10.1. The van der Waals surface area contributed by atoms with Crippen LogP contribution < -0.4 is 4.74 Å². The van der Waals surface area contributed by atoms with Gasteiger partial charge in [0.1, 0.15) is 5.75 Å². The van der Waals surface area contributed by atoms with Gasteiger partial charge in [0.2, 0.25) is 0 Å². The molecule has 0 unspecified atom stereocenters. The van der Waals surface area contributed by atoms with Crippen LogP contribution in [0.1, 0.15) is 17.3 Å². The lowest BCUT2D eigenvalue weighted by Gasteiger charge is -2.07. The first kappa shape index (κ1) is 12.8. The Hall–Kier alpha value is -1.68. The zero-order valence-corrected chi connectivity index (χ0v) is 11.2. The minimum atomic E-state index is -0.461. The van der Waals surface area contributed by atoms with Gasteiger partial charge in [-0.05, 0) is 37.3 Å². The van der Waals surface area contributed by atoms with E-state index < -0.39 is 5.82 Å². The summed E-state index contributed by atoms with van der Waals surface area (Å²) in [5.41, 5.74) is 0.532. The molecule has 0 radical (unpaired) electrons. The molecule has 0 amide bonds. The van der Waals surface area contributed by atoms with Crippen LogP contribution in [0.25, 0.3) is 0 Å². The molecular weight excluding hydrogens is 299 g/mol. The third-order valence-electron chi connectivity index (χ3n) is 2.36. The van der Waals surface area contributed by atoms with Crippen molar-refractivity contribution < 1.29 is 13.9 Å². The molecule has 2 rings (SSSR count). The van der Waals surface area contributed by atoms with Crippen LogP contribution in [-0.4, -0.2) is 5.78 Å². The molecule has 0 N–H and O–H groups in total. The van der Waals surface area contributed by atoms with Crippen LogP contribution in [0.15, 0.2) is 46.9 Å². The second kappa shape index (κ2) is 5.31. The average Bonchev–Trinajstić information content (AvgIpc) is 2.33. The number of ether oxygens (including phenoxy) is 1. The summed E-state index contributed by atoms with van der Waals surface area (Å²) >= 11 is 3.17. The molecule has 0 aliphatic heterocycles. The lowest BCUT2D eigenvalue weighted by Crippen LogP contribution is -1.93. The smallest absolute Gasteiger partial charge is 0.166 e. The van der Waals surface area contributed by atoms with Crippen molar-refractivity contribution in [2.75, 3.05) is 0 Å². The number of Topliss-reactive ketones (excluding diaryl/α,β-unsaturated/α-hetero) is 1. The van der Waals surface area contributed by atoms with Crippen molar-refractivity contribution in [3.63, 3.8) is 0 Å². The van der Waals surface area contributed by atoms with Crippen LogP contribution in [0, 0.1) is 5.82 Å². The van der Waals surface area contributed by atoms with Crippen LogP contribution in [0.4, 0.5) is 4.39 Å². The minimum Gasteiger partial charge on any atom is -0.454 e. The van der Waals surface area contributed by atoms with Crippen molar-refractivity contribution in [3.05, 3.63) is 58.3 Å². The van der Waals surface area contributed by atoms with E-state index in [9.17, 15) is 9.18 Å². The number of carbonyl (C=O) groups is 1. The fraction of sp³-hybridized carbons (Fsp3) is 0.0714. The first-order valence-corrected chi connectivity index (χ1v) is 6.09. The molecule has 0 atom stereocenters. The van der Waals surface area contributed by atoms with Crippen LogP contribution in [0.3, 0.4) is 0 Å². The highest BCUT2D eigenvalue weighted by molar-refractivity contribution is 9.10. The predicted molar refractivity (Wildman–Crippen MR) is 70.6 cm³/mol. The van der Waals surface area contributed by atoms with Gasteiger partial charge in [0.25, 0.3) is 0 Å². The monoisotopic (exact) mass is 308 g/mol. The first-order chi connectivity index (χ1) is 8.56. The van der Waals surface area contributed by atoms with Crippen LogP contribution in [-0.2, 0) is 0 Å². The number of carbonyl (C=O) groups excluding carboxylic acids is 1. The molecule has 2 nitrogen and oxygen atoms in total. The predicted octanol–water partition coefficient (Wildman–Crippen LogP) is 4.58. The normalized spacial score (nSPS) is 10.2. The van der Waals surface area contributed by atoms with Gasteiger partial charge < -0.3 is 4.74 Å². The number of hydrogen-bond donors (Lipinski definition) is 0. The van der Waals surface area contributed by atoms with E-state index in [1.54, 1.807) is 30.3 Å². The molecule has 2 aromatic carbocycles. The highest BCUT2D eigenvalue weighted by Crippen LogP contribution is 2.27. The van der Waals surface area contributed by atoms with E-state index in [0.29, 0.717) is 15.8 Å². The third kappa shape index (κ3) is 2.96. The molecule has 0 saturated heterocycles. The van der Waals surface area contributed by atoms with Gasteiger partial charge in [-0.3, -0.25) is 4.79 Å². The summed E-state index contributed by atoms with van der Waals surface area (Å²) in [7, 11) is 0. The van der Waals surface area contributed by atoms with Crippen molar-refractivity contribution in [1.82, 2.24) is 0 Å². The third-order valence-corrected chi connectivity index (χ3v) is 2.86. The Kier molecular flexibility index (Phi) is 3.77. The molecule has 0 aliphatic rings. The maximum atomic E-state index is 13.6. The molecule has 0 aromatic heterocycles. The van der Waals surface area contributed by atoms with Gasteiger partial charge in [0.15, 0.2) is 17.3 Å². The van der Waals surface area contributed by atoms with Gasteiger partial charge in [0, 0.05) is 10.0 Å². The molecule has 2 aromatic rings. The summed E-state index contributed by atoms with van der Waals surface area (Å²) in [5, 5.41) is 0. The van der Waals surface area contributed by atoms with Crippen molar-refractivity contribution >= 4 is 21.7 Å². The average molecular weight is 309 g/mol. The number of hydrogen-bond acceptors (Lipinski definition) is 2. The Morgan fingerprint density at radius 3 is 2.67 bits per heavy atom. The second-order valence-corrected chi connectivity index (χ2v) is 4.68. The van der Waals surface area contributed by atoms with E-state index >= 15 is 0 Å². The maximum Gasteiger partial charge on any atom is 0.166 e. The molecule has 0 spiro atoms. The lowest BCUT2D eigenvalue weighted by molar-refractivity contribution is 0.101. The molecular formula is C14H10BrFO2. The Labute approximate surface area is 113 Å². The van der Waals surface area contributed by atoms with Crippen molar-refractivity contribution in [1.29, 1.82) is 0 Å². The Morgan fingerprint density at radius 2 is 2.00 bits per heavy atom. The summed E-state index contributed by atoms with van der Waals surface area (Å²) in [6.07, 6.45) is 0. The van der Waals surface area contributed by atoms with Crippen molar-refractivity contribution in [2.24, 2.45) is 0 Å². The van der Waals surface area contributed by atoms with Gasteiger partial charge in [0.05, 0.1) is 0 Å². The minimum absolute atomic E-state index is 0.0586. The van der Waals surface area contributed by atoms with Crippen LogP contribution >= 0.6 is 15.9 Å². The zero-order valence-electron chi connectivity index (χ0n) is 9.61. The highest BCUT2D eigenvalue weighted by Gasteiger charge is 2.07. The molecule has 0 fully saturated rings. The maximum absolute atomic E-state index is 13.6. The van der Waals surface area contributed by atoms with E-state index in [-0.39, 0.29) is 11.5 Å². The zero-order chi connectivity index (χ0) is 13.1. The molecule has 0 aliphatic carbocycles. The van der Waals surface area contributed by atoms with E-state index in [1.165, 1.54) is 19.1 Å². The Morgan fingerprint density at radius 1 is 1.22 bits per heavy atom. The van der Waals surface area contributed by atoms with Crippen LogP contribution in [0.5, 0.6) is 11.5 Å². The van der Waals surface area contributed by atoms with E-state index in [0.717, 1.165) is 0 Å². The van der Waals surface area contributed by atoms with Gasteiger partial charge in [-0.15, -0.1) is 0 Å². The first-order valence-electron chi connectivity index (χ1n) is 5.30. The number of rotatable bonds is 3. The molecule has 0 saturated carbocycles. The van der Waals surface area contributed by atoms with E-state index in [4.69, 9.17) is 4.74 Å². The van der Waals surface area contributed by atoms with E-state index in [1.807, 2.05) is 0 Å². The number of halogens is 2. The summed E-state index contributed by atoms with van der Waals surface area (Å²) in [5.74, 6) is 0.0390. The topological polar surface area (TPSA) is 26.3 Å². The largest absolute Gasteiger partial charge is 0.454 e. The fourth-order valence-electron chi connectivity index (χ4n) is 1.46. The highest BCUT2D eigenvalue weighted by atomic mass is 79.9. The SMILES string of the molecule is CC(=O)c1cccc(Oc2ccc(Br)cc2F)c1. The molecule has 4 heteroatoms. The van der Waals surface area contributed by atoms with Crippen molar-refractivity contribution in [2.45, 2.75) is 6.92 Å².